The average Bonchev–Trinajstić information content (AvgIpc) is 2.63. The van der Waals surface area contributed by atoms with E-state index in [4.69, 9.17) is 4.74 Å². The minimum absolute atomic E-state index is 0.0201. The van der Waals surface area contributed by atoms with Crippen molar-refractivity contribution in [3.8, 4) is 5.75 Å². The molecule has 26 heavy (non-hydrogen) atoms. The molecule has 0 spiro atoms. The van der Waals surface area contributed by atoms with Crippen molar-refractivity contribution in [1.29, 1.82) is 0 Å². The molecular formula is C16H21N5O5. The van der Waals surface area contributed by atoms with Gasteiger partial charge in [0.15, 0.2) is 0 Å². The molecule has 0 atom stereocenters. The summed E-state index contributed by atoms with van der Waals surface area (Å²) in [6.45, 7) is 2.11. The van der Waals surface area contributed by atoms with Crippen LogP contribution in [0, 0.1) is 10.1 Å². The average molecular weight is 363 g/mol. The zero-order valence-electron chi connectivity index (χ0n) is 14.6. The van der Waals surface area contributed by atoms with Gasteiger partial charge in [-0.15, -0.1) is 0 Å². The number of anilines is 1. The van der Waals surface area contributed by atoms with Crippen molar-refractivity contribution in [2.45, 2.75) is 0 Å². The first-order chi connectivity index (χ1) is 12.4. The highest BCUT2D eigenvalue weighted by Crippen LogP contribution is 2.16. The van der Waals surface area contributed by atoms with E-state index in [9.17, 15) is 19.7 Å². The number of aromatic nitrogens is 2. The van der Waals surface area contributed by atoms with Gasteiger partial charge in [0, 0.05) is 51.9 Å². The third-order valence-electron chi connectivity index (χ3n) is 3.73. The molecular weight excluding hydrogens is 342 g/mol. The van der Waals surface area contributed by atoms with Gasteiger partial charge in [-0.3, -0.25) is 24.0 Å². The number of nitro benzene ring substituents is 1. The first-order valence-corrected chi connectivity index (χ1v) is 7.99. The number of hydrogen-bond acceptors (Lipinski definition) is 7. The third kappa shape index (κ3) is 4.93. The fourth-order valence-electron chi connectivity index (χ4n) is 2.21. The zero-order valence-corrected chi connectivity index (χ0v) is 14.6. The van der Waals surface area contributed by atoms with Crippen molar-refractivity contribution in [3.05, 3.63) is 61.3 Å². The Morgan fingerprint density at radius 3 is 2.42 bits per heavy atom. The smallest absolute Gasteiger partial charge is 0.332 e. The van der Waals surface area contributed by atoms with Crippen molar-refractivity contribution in [2.75, 3.05) is 31.6 Å². The first-order valence-electron chi connectivity index (χ1n) is 7.99. The summed E-state index contributed by atoms with van der Waals surface area (Å²) < 4.78 is 7.89. The molecule has 10 nitrogen and oxygen atoms in total. The Balaban J connectivity index is 1.68. The van der Waals surface area contributed by atoms with Crippen LogP contribution in [-0.4, -0.2) is 40.3 Å². The number of ether oxygens (including phenoxy) is 1. The van der Waals surface area contributed by atoms with Crippen LogP contribution in [0.1, 0.15) is 0 Å². The maximum Gasteiger partial charge on any atom is 0.332 e. The maximum absolute atomic E-state index is 11.8. The monoisotopic (exact) mass is 363 g/mol. The summed E-state index contributed by atoms with van der Waals surface area (Å²) in [6, 6.07) is 7.26. The van der Waals surface area contributed by atoms with E-state index in [1.54, 1.807) is 19.2 Å². The second kappa shape index (κ2) is 8.81. The Kier molecular flexibility index (Phi) is 6.50. The largest absolute Gasteiger partial charge is 0.492 e. The molecule has 0 saturated heterocycles. The Bertz CT molecular complexity index is 872. The zero-order chi connectivity index (χ0) is 19.1. The molecule has 140 valence electrons. The molecule has 0 radical (unpaired) electrons. The van der Waals surface area contributed by atoms with Gasteiger partial charge in [0.2, 0.25) is 0 Å². The van der Waals surface area contributed by atoms with Gasteiger partial charge in [-0.2, -0.15) is 0 Å². The van der Waals surface area contributed by atoms with Gasteiger partial charge in [0.05, 0.1) is 4.92 Å². The maximum atomic E-state index is 11.8. The van der Waals surface area contributed by atoms with E-state index in [-0.39, 0.29) is 16.9 Å². The fraction of sp³-hybridized carbons (Fsp3) is 0.375. The minimum Gasteiger partial charge on any atom is -0.492 e. The highest BCUT2D eigenvalue weighted by Gasteiger charge is 2.05. The number of nitrogens with zero attached hydrogens (tertiary/aromatic N) is 3. The lowest BCUT2D eigenvalue weighted by atomic mass is 10.3. The number of benzene rings is 1. The minimum atomic E-state index is -0.462. The predicted molar refractivity (Wildman–Crippen MR) is 96.9 cm³/mol. The van der Waals surface area contributed by atoms with Gasteiger partial charge in [0.1, 0.15) is 18.2 Å². The normalized spacial score (nSPS) is 10.5. The number of non-ortho nitro benzene ring substituents is 1. The SMILES string of the molecule is Cn1c(NCCNCCOc2ccc([N+](=O)[O-])cc2)cc(=O)n(C)c1=O. The van der Waals surface area contributed by atoms with Crippen LogP contribution in [0.3, 0.4) is 0 Å². The highest BCUT2D eigenvalue weighted by atomic mass is 16.6. The molecule has 2 aromatic rings. The van der Waals surface area contributed by atoms with E-state index in [1.165, 1.54) is 29.8 Å². The molecule has 0 bridgehead atoms. The number of nitro groups is 1. The molecule has 0 fully saturated rings. The van der Waals surface area contributed by atoms with Crippen LogP contribution in [0.2, 0.25) is 0 Å². The Morgan fingerprint density at radius 1 is 1.08 bits per heavy atom. The molecule has 1 heterocycles. The summed E-state index contributed by atoms with van der Waals surface area (Å²) >= 11 is 0. The van der Waals surface area contributed by atoms with E-state index >= 15 is 0 Å². The van der Waals surface area contributed by atoms with Gasteiger partial charge in [0.25, 0.3) is 11.2 Å². The molecule has 0 amide bonds. The Labute approximate surface area is 149 Å². The summed E-state index contributed by atoms with van der Waals surface area (Å²) in [5.74, 6) is 1.02. The lowest BCUT2D eigenvalue weighted by Crippen LogP contribution is -2.38. The standard InChI is InChI=1S/C16H21N5O5/c1-19-14(11-15(22)20(2)16(19)23)18-8-7-17-9-10-26-13-5-3-12(4-6-13)21(24)25/h3-6,11,17-18H,7-10H2,1-2H3. The summed E-state index contributed by atoms with van der Waals surface area (Å²) in [4.78, 5) is 33.5. The van der Waals surface area contributed by atoms with E-state index in [1.807, 2.05) is 0 Å². The fourth-order valence-corrected chi connectivity index (χ4v) is 2.21. The molecule has 10 heteroatoms. The summed E-state index contributed by atoms with van der Waals surface area (Å²) in [5.41, 5.74) is -0.726. The van der Waals surface area contributed by atoms with Crippen LogP contribution in [0.15, 0.2) is 39.9 Å². The van der Waals surface area contributed by atoms with Crippen LogP contribution >= 0.6 is 0 Å². The molecule has 0 aliphatic heterocycles. The van der Waals surface area contributed by atoms with Gasteiger partial charge in [-0.25, -0.2) is 4.79 Å². The molecule has 2 N–H and O–H groups in total. The topological polar surface area (TPSA) is 120 Å². The summed E-state index contributed by atoms with van der Waals surface area (Å²) in [5, 5.41) is 16.7. The predicted octanol–water partition coefficient (Wildman–Crippen LogP) is 0.0727. The van der Waals surface area contributed by atoms with Gasteiger partial charge >= 0.3 is 5.69 Å². The van der Waals surface area contributed by atoms with Crippen molar-refractivity contribution in [1.82, 2.24) is 14.5 Å². The van der Waals surface area contributed by atoms with Crippen LogP contribution < -0.4 is 26.6 Å². The summed E-state index contributed by atoms with van der Waals surface area (Å²) in [6.07, 6.45) is 0. The van der Waals surface area contributed by atoms with Crippen LogP contribution in [0.25, 0.3) is 0 Å². The quantitative estimate of drug-likeness (QED) is 0.367. The molecule has 2 rings (SSSR count). The van der Waals surface area contributed by atoms with Crippen LogP contribution in [0.4, 0.5) is 11.5 Å². The van der Waals surface area contributed by atoms with E-state index in [2.05, 4.69) is 10.6 Å². The Hall–Kier alpha value is -3.14. The number of hydrogen-bond donors (Lipinski definition) is 2. The lowest BCUT2D eigenvalue weighted by Gasteiger charge is -2.12. The van der Waals surface area contributed by atoms with Crippen molar-refractivity contribution >= 4 is 11.5 Å². The van der Waals surface area contributed by atoms with Gasteiger partial charge < -0.3 is 15.4 Å². The molecule has 0 saturated carbocycles. The van der Waals surface area contributed by atoms with Crippen LogP contribution in [-0.2, 0) is 14.1 Å². The molecule has 0 unspecified atom stereocenters. The summed E-state index contributed by atoms with van der Waals surface area (Å²) in [7, 11) is 3.02. The third-order valence-corrected chi connectivity index (χ3v) is 3.73. The second-order valence-electron chi connectivity index (χ2n) is 5.54. The van der Waals surface area contributed by atoms with Crippen molar-refractivity contribution in [2.24, 2.45) is 14.1 Å². The Morgan fingerprint density at radius 2 is 1.77 bits per heavy atom. The van der Waals surface area contributed by atoms with Crippen molar-refractivity contribution in [3.63, 3.8) is 0 Å². The molecule has 0 aliphatic carbocycles. The van der Waals surface area contributed by atoms with Gasteiger partial charge in [-0.05, 0) is 12.1 Å². The van der Waals surface area contributed by atoms with E-state index in [0.717, 1.165) is 4.57 Å². The number of nitrogens with one attached hydrogen (secondary N) is 2. The number of rotatable bonds is 9. The second-order valence-corrected chi connectivity index (χ2v) is 5.54. The lowest BCUT2D eigenvalue weighted by molar-refractivity contribution is -0.384. The molecule has 1 aromatic heterocycles. The molecule has 0 aliphatic rings. The van der Waals surface area contributed by atoms with Crippen molar-refractivity contribution < 1.29 is 9.66 Å². The van der Waals surface area contributed by atoms with Gasteiger partial charge in [-0.1, -0.05) is 0 Å². The van der Waals surface area contributed by atoms with Crippen LogP contribution in [0.5, 0.6) is 5.75 Å². The first kappa shape index (κ1) is 19.2. The van der Waals surface area contributed by atoms with E-state index < -0.39 is 4.92 Å². The highest BCUT2D eigenvalue weighted by molar-refractivity contribution is 5.36. The van der Waals surface area contributed by atoms with E-state index in [0.29, 0.717) is 37.8 Å². The molecule has 1 aromatic carbocycles.